The maximum atomic E-state index is 13.2. The van der Waals surface area contributed by atoms with Crippen molar-refractivity contribution in [3.05, 3.63) is 0 Å². The van der Waals surface area contributed by atoms with Crippen LogP contribution in [0.2, 0.25) is 0 Å². The summed E-state index contributed by atoms with van der Waals surface area (Å²) in [6, 6.07) is 0.302. The molecule has 1 aliphatic carbocycles. The van der Waals surface area contributed by atoms with Crippen molar-refractivity contribution in [1.29, 1.82) is 0 Å². The number of nitrogens with one attached hydrogen (secondary N) is 1. The Hall–Kier alpha value is -1.24. The first-order chi connectivity index (χ1) is 11.9. The second-order valence-electron chi connectivity index (χ2n) is 7.80. The van der Waals surface area contributed by atoms with Crippen LogP contribution < -0.4 is 5.32 Å². The lowest BCUT2D eigenvalue weighted by Gasteiger charge is -2.33. The van der Waals surface area contributed by atoms with Crippen LogP contribution in [0.4, 0.5) is 8.78 Å². The van der Waals surface area contributed by atoms with Gasteiger partial charge in [0, 0.05) is 38.5 Å². The molecular weight excluding hydrogens is 328 g/mol. The van der Waals surface area contributed by atoms with Crippen LogP contribution in [-0.2, 0) is 9.59 Å². The van der Waals surface area contributed by atoms with Crippen molar-refractivity contribution in [3.8, 4) is 0 Å². The minimum absolute atomic E-state index is 0.0225. The average Bonchev–Trinajstić information content (AvgIpc) is 3.03. The summed E-state index contributed by atoms with van der Waals surface area (Å²) in [5.74, 6) is -2.77. The Balaban J connectivity index is 1.40. The smallest absolute Gasteiger partial charge is 0.251 e. The highest BCUT2D eigenvalue weighted by Gasteiger charge is 2.39. The summed E-state index contributed by atoms with van der Waals surface area (Å²) < 4.78 is 26.5. The highest BCUT2D eigenvalue weighted by molar-refractivity contribution is 5.80. The number of hydrogen-bond acceptors (Lipinski definition) is 3. The number of nitrogens with zero attached hydrogens (tertiary/aromatic N) is 2. The van der Waals surface area contributed by atoms with Gasteiger partial charge in [-0.15, -0.1) is 0 Å². The summed E-state index contributed by atoms with van der Waals surface area (Å²) in [6.45, 7) is 1.90. The standard InChI is InChI=1S/C18H29F2N3O2/c19-18(20)7-10-23(11-8-18)17(25)14-6-9-22(12-14)13-16(24)21-15-4-2-1-3-5-15/h14-15H,1-13H2,(H,21,24). The zero-order valence-electron chi connectivity index (χ0n) is 14.8. The van der Waals surface area contributed by atoms with Gasteiger partial charge in [0.05, 0.1) is 12.5 Å². The van der Waals surface area contributed by atoms with Crippen LogP contribution >= 0.6 is 0 Å². The first kappa shape index (κ1) is 18.5. The van der Waals surface area contributed by atoms with Crippen molar-refractivity contribution in [1.82, 2.24) is 15.1 Å². The Bertz CT molecular complexity index is 485. The third-order valence-electron chi connectivity index (χ3n) is 5.77. The second kappa shape index (κ2) is 7.98. The minimum Gasteiger partial charge on any atom is -0.352 e. The molecule has 0 aromatic heterocycles. The van der Waals surface area contributed by atoms with Crippen LogP contribution in [-0.4, -0.2) is 66.3 Å². The van der Waals surface area contributed by atoms with Gasteiger partial charge in [-0.05, 0) is 25.8 Å². The molecule has 1 unspecified atom stereocenters. The molecule has 3 rings (SSSR count). The summed E-state index contributed by atoms with van der Waals surface area (Å²) in [6.07, 6.45) is 5.98. The molecule has 1 saturated carbocycles. The van der Waals surface area contributed by atoms with Crippen molar-refractivity contribution in [2.75, 3.05) is 32.7 Å². The Morgan fingerprint density at radius 1 is 1.00 bits per heavy atom. The number of rotatable bonds is 4. The molecule has 0 bridgehead atoms. The molecule has 0 radical (unpaired) electrons. The van der Waals surface area contributed by atoms with E-state index in [4.69, 9.17) is 0 Å². The molecule has 1 N–H and O–H groups in total. The van der Waals surface area contributed by atoms with Crippen molar-refractivity contribution >= 4 is 11.8 Å². The van der Waals surface area contributed by atoms with E-state index in [1.807, 2.05) is 4.90 Å². The molecule has 2 amide bonds. The SMILES string of the molecule is O=C(CN1CCC(C(=O)N2CCC(F)(F)CC2)C1)NC1CCCCC1. The quantitative estimate of drug-likeness (QED) is 0.837. The second-order valence-corrected chi connectivity index (χ2v) is 7.80. The van der Waals surface area contributed by atoms with Gasteiger partial charge in [-0.3, -0.25) is 14.5 Å². The molecule has 5 nitrogen and oxygen atoms in total. The largest absolute Gasteiger partial charge is 0.352 e. The fourth-order valence-electron chi connectivity index (χ4n) is 4.21. The van der Waals surface area contributed by atoms with Gasteiger partial charge in [-0.25, -0.2) is 8.78 Å². The molecule has 3 aliphatic rings. The van der Waals surface area contributed by atoms with Crippen molar-refractivity contribution in [2.24, 2.45) is 5.92 Å². The molecular formula is C18H29F2N3O2. The van der Waals surface area contributed by atoms with Crippen LogP contribution in [0.25, 0.3) is 0 Å². The minimum atomic E-state index is -2.63. The van der Waals surface area contributed by atoms with Gasteiger partial charge < -0.3 is 10.2 Å². The third kappa shape index (κ3) is 5.12. The van der Waals surface area contributed by atoms with Gasteiger partial charge >= 0.3 is 0 Å². The number of likely N-dealkylation sites (tertiary alicyclic amines) is 2. The Morgan fingerprint density at radius 3 is 2.36 bits per heavy atom. The zero-order chi connectivity index (χ0) is 17.9. The van der Waals surface area contributed by atoms with Gasteiger partial charge in [0.1, 0.15) is 0 Å². The first-order valence-electron chi connectivity index (χ1n) is 9.61. The first-order valence-corrected chi connectivity index (χ1v) is 9.61. The van der Waals surface area contributed by atoms with Crippen LogP contribution in [0.5, 0.6) is 0 Å². The lowest BCUT2D eigenvalue weighted by Crippen LogP contribution is -2.46. The molecule has 0 aromatic carbocycles. The summed E-state index contributed by atoms with van der Waals surface area (Å²) in [7, 11) is 0. The normalized spacial score (nSPS) is 28.1. The Labute approximate surface area is 148 Å². The van der Waals surface area contributed by atoms with Crippen molar-refractivity contribution < 1.29 is 18.4 Å². The van der Waals surface area contributed by atoms with Crippen molar-refractivity contribution in [2.45, 2.75) is 63.3 Å². The van der Waals surface area contributed by atoms with E-state index in [1.165, 1.54) is 19.3 Å². The fourth-order valence-corrected chi connectivity index (χ4v) is 4.21. The van der Waals surface area contributed by atoms with E-state index in [9.17, 15) is 18.4 Å². The lowest BCUT2D eigenvalue weighted by atomic mass is 9.95. The number of carbonyl (C=O) groups excluding carboxylic acids is 2. The fraction of sp³-hybridized carbons (Fsp3) is 0.889. The highest BCUT2D eigenvalue weighted by Crippen LogP contribution is 2.29. The van der Waals surface area contributed by atoms with Crippen molar-refractivity contribution in [3.63, 3.8) is 0 Å². The van der Waals surface area contributed by atoms with Crippen LogP contribution in [0, 0.1) is 5.92 Å². The Kier molecular flexibility index (Phi) is 5.92. The topological polar surface area (TPSA) is 52.7 Å². The monoisotopic (exact) mass is 357 g/mol. The van der Waals surface area contributed by atoms with Crippen LogP contribution in [0.15, 0.2) is 0 Å². The molecule has 1 atom stereocenters. The molecule has 2 saturated heterocycles. The number of carbonyl (C=O) groups is 2. The highest BCUT2D eigenvalue weighted by atomic mass is 19.3. The summed E-state index contributed by atoms with van der Waals surface area (Å²) in [5, 5.41) is 3.10. The van der Waals surface area contributed by atoms with Gasteiger partial charge in [-0.1, -0.05) is 19.3 Å². The van der Waals surface area contributed by atoms with Crippen LogP contribution in [0.1, 0.15) is 51.4 Å². The van der Waals surface area contributed by atoms with Crippen LogP contribution in [0.3, 0.4) is 0 Å². The lowest BCUT2D eigenvalue weighted by molar-refractivity contribution is -0.141. The molecule has 7 heteroatoms. The van der Waals surface area contributed by atoms with E-state index >= 15 is 0 Å². The van der Waals surface area contributed by atoms with Gasteiger partial charge in [0.25, 0.3) is 5.92 Å². The number of alkyl halides is 2. The van der Waals surface area contributed by atoms with E-state index < -0.39 is 5.92 Å². The van der Waals surface area contributed by atoms with Gasteiger partial charge in [0.15, 0.2) is 0 Å². The Morgan fingerprint density at radius 2 is 1.68 bits per heavy atom. The van der Waals surface area contributed by atoms with Gasteiger partial charge in [-0.2, -0.15) is 0 Å². The van der Waals surface area contributed by atoms with E-state index in [0.717, 1.165) is 19.4 Å². The predicted molar refractivity (Wildman–Crippen MR) is 90.3 cm³/mol. The van der Waals surface area contributed by atoms with E-state index in [2.05, 4.69) is 5.32 Å². The number of halogens is 2. The van der Waals surface area contributed by atoms with E-state index in [-0.39, 0.29) is 43.7 Å². The average molecular weight is 357 g/mol. The third-order valence-corrected chi connectivity index (χ3v) is 5.77. The molecule has 2 aliphatic heterocycles. The molecule has 0 spiro atoms. The summed E-state index contributed by atoms with van der Waals surface area (Å²) in [4.78, 5) is 28.3. The maximum absolute atomic E-state index is 13.2. The van der Waals surface area contributed by atoms with Gasteiger partial charge in [0.2, 0.25) is 11.8 Å². The number of piperidine rings is 1. The molecule has 3 fully saturated rings. The summed E-state index contributed by atoms with van der Waals surface area (Å²) >= 11 is 0. The summed E-state index contributed by atoms with van der Waals surface area (Å²) in [5.41, 5.74) is 0. The zero-order valence-corrected chi connectivity index (χ0v) is 14.8. The van der Waals surface area contributed by atoms with E-state index in [1.54, 1.807) is 4.90 Å². The van der Waals surface area contributed by atoms with E-state index in [0.29, 0.717) is 25.6 Å². The predicted octanol–water partition coefficient (Wildman–Crippen LogP) is 2.01. The maximum Gasteiger partial charge on any atom is 0.251 e. The molecule has 142 valence electrons. The number of hydrogen-bond donors (Lipinski definition) is 1. The molecule has 25 heavy (non-hydrogen) atoms. The molecule has 2 heterocycles. The number of amides is 2. The molecule has 0 aromatic rings.